The van der Waals surface area contributed by atoms with E-state index in [4.69, 9.17) is 10.9 Å². The molecular formula is C12H24N4O2. The van der Waals surface area contributed by atoms with E-state index in [0.29, 0.717) is 6.42 Å². The first kappa shape index (κ1) is 14.8. The highest BCUT2D eigenvalue weighted by Gasteiger charge is 2.24. The first-order valence-corrected chi connectivity index (χ1v) is 6.62. The van der Waals surface area contributed by atoms with Gasteiger partial charge in [-0.05, 0) is 32.6 Å². The van der Waals surface area contributed by atoms with Crippen molar-refractivity contribution in [3.05, 3.63) is 0 Å². The molecule has 1 saturated heterocycles. The van der Waals surface area contributed by atoms with Gasteiger partial charge < -0.3 is 15.8 Å². The van der Waals surface area contributed by atoms with Crippen molar-refractivity contribution in [1.29, 1.82) is 0 Å². The van der Waals surface area contributed by atoms with E-state index < -0.39 is 0 Å². The monoisotopic (exact) mass is 256 g/mol. The van der Waals surface area contributed by atoms with Gasteiger partial charge in [-0.3, -0.25) is 10.1 Å². The lowest BCUT2D eigenvalue weighted by Gasteiger charge is -2.30. The van der Waals surface area contributed by atoms with Gasteiger partial charge in [-0.1, -0.05) is 12.1 Å². The normalized spacial score (nSPS) is 20.6. The Morgan fingerprint density at radius 2 is 2.06 bits per heavy atom. The first-order valence-electron chi connectivity index (χ1n) is 6.62. The molecule has 0 aromatic carbocycles. The van der Waals surface area contributed by atoms with Crippen LogP contribution in [0.1, 0.15) is 39.5 Å². The van der Waals surface area contributed by atoms with Gasteiger partial charge in [-0.15, -0.1) is 0 Å². The molecule has 1 heterocycles. The Morgan fingerprint density at radius 3 is 2.56 bits per heavy atom. The van der Waals surface area contributed by atoms with E-state index in [1.54, 1.807) is 0 Å². The van der Waals surface area contributed by atoms with E-state index in [1.165, 1.54) is 6.42 Å². The molecular weight excluding hydrogens is 232 g/mol. The number of nitrogens with zero attached hydrogens (tertiary/aromatic N) is 2. The number of likely N-dealkylation sites (tertiary alicyclic amines) is 1. The number of hydrogen-bond acceptors (Lipinski definition) is 4. The second-order valence-electron chi connectivity index (χ2n) is 4.76. The summed E-state index contributed by atoms with van der Waals surface area (Å²) in [6.45, 7) is 5.43. The molecule has 1 fully saturated rings. The zero-order valence-corrected chi connectivity index (χ0v) is 11.2. The summed E-state index contributed by atoms with van der Waals surface area (Å²) in [5, 5.41) is 14.8. The van der Waals surface area contributed by atoms with Gasteiger partial charge in [0.05, 0.1) is 12.1 Å². The van der Waals surface area contributed by atoms with Crippen molar-refractivity contribution >= 4 is 11.7 Å². The molecule has 1 rings (SSSR count). The van der Waals surface area contributed by atoms with E-state index in [0.717, 1.165) is 25.9 Å². The lowest BCUT2D eigenvalue weighted by Crippen LogP contribution is -2.52. The van der Waals surface area contributed by atoms with Crippen LogP contribution in [0.4, 0.5) is 0 Å². The predicted molar refractivity (Wildman–Crippen MR) is 70.5 cm³/mol. The van der Waals surface area contributed by atoms with Gasteiger partial charge in [0, 0.05) is 13.1 Å². The number of oxime groups is 1. The molecule has 0 radical (unpaired) electrons. The fourth-order valence-corrected chi connectivity index (χ4v) is 2.24. The Labute approximate surface area is 108 Å². The van der Waals surface area contributed by atoms with Crippen LogP contribution in [0.2, 0.25) is 0 Å². The van der Waals surface area contributed by atoms with Gasteiger partial charge in [0.2, 0.25) is 5.91 Å². The van der Waals surface area contributed by atoms with Gasteiger partial charge in [0.15, 0.2) is 5.84 Å². The Balaban J connectivity index is 2.52. The van der Waals surface area contributed by atoms with Crippen molar-refractivity contribution in [2.24, 2.45) is 10.9 Å². The summed E-state index contributed by atoms with van der Waals surface area (Å²) < 4.78 is 0. The quantitative estimate of drug-likeness (QED) is 0.289. The number of amides is 1. The third-order valence-corrected chi connectivity index (χ3v) is 3.37. The third-order valence-electron chi connectivity index (χ3n) is 3.37. The smallest absolute Gasteiger partial charge is 0.239 e. The Hall–Kier alpha value is -1.30. The summed E-state index contributed by atoms with van der Waals surface area (Å²) in [6, 6.07) is -0.577. The summed E-state index contributed by atoms with van der Waals surface area (Å²) in [5.74, 6) is 0.217. The molecule has 0 spiro atoms. The molecule has 1 aliphatic rings. The lowest BCUT2D eigenvalue weighted by molar-refractivity contribution is -0.134. The molecule has 0 saturated carbocycles. The highest BCUT2D eigenvalue weighted by Crippen LogP contribution is 2.10. The number of piperidine rings is 1. The zero-order valence-electron chi connectivity index (χ0n) is 11.2. The van der Waals surface area contributed by atoms with Crippen LogP contribution in [0.25, 0.3) is 0 Å². The van der Waals surface area contributed by atoms with Crippen LogP contribution in [0.5, 0.6) is 0 Å². The Kier molecular flexibility index (Phi) is 5.91. The molecule has 6 heteroatoms. The maximum atomic E-state index is 12.2. The maximum Gasteiger partial charge on any atom is 0.239 e. The van der Waals surface area contributed by atoms with Gasteiger partial charge in [-0.2, -0.15) is 0 Å². The largest absolute Gasteiger partial charge is 0.409 e. The molecule has 4 N–H and O–H groups in total. The number of carbonyl (C=O) groups is 1. The molecule has 1 amide bonds. The lowest BCUT2D eigenvalue weighted by atomic mass is 10.1. The topological polar surface area (TPSA) is 91.0 Å². The fourth-order valence-electron chi connectivity index (χ4n) is 2.24. The summed E-state index contributed by atoms with van der Waals surface area (Å²) in [5.41, 5.74) is 5.57. The van der Waals surface area contributed by atoms with Gasteiger partial charge in [-0.25, -0.2) is 0 Å². The molecule has 104 valence electrons. The average Bonchev–Trinajstić information content (AvgIpc) is 2.43. The average molecular weight is 256 g/mol. The van der Waals surface area contributed by atoms with Gasteiger partial charge in [0.25, 0.3) is 0 Å². The number of nitrogens with two attached hydrogens (primary N) is 1. The van der Waals surface area contributed by atoms with Crippen molar-refractivity contribution in [1.82, 2.24) is 10.2 Å². The van der Waals surface area contributed by atoms with Crippen LogP contribution in [0.3, 0.4) is 0 Å². The fraction of sp³-hybridized carbons (Fsp3) is 0.833. The van der Waals surface area contributed by atoms with Crippen LogP contribution in [0.15, 0.2) is 5.16 Å². The van der Waals surface area contributed by atoms with E-state index in [2.05, 4.69) is 10.5 Å². The van der Waals surface area contributed by atoms with Crippen molar-refractivity contribution < 1.29 is 10.0 Å². The van der Waals surface area contributed by atoms with Crippen molar-refractivity contribution in [3.8, 4) is 0 Å². The molecule has 0 aromatic rings. The zero-order chi connectivity index (χ0) is 13.5. The second-order valence-corrected chi connectivity index (χ2v) is 4.76. The minimum atomic E-state index is -0.312. The number of hydrogen-bond donors (Lipinski definition) is 3. The number of nitrogens with one attached hydrogen (secondary N) is 1. The summed E-state index contributed by atoms with van der Waals surface area (Å²) in [7, 11) is 0. The Bertz CT molecular complexity index is 300. The molecule has 18 heavy (non-hydrogen) atoms. The van der Waals surface area contributed by atoms with E-state index >= 15 is 0 Å². The third kappa shape index (κ3) is 3.87. The van der Waals surface area contributed by atoms with Crippen LogP contribution >= 0.6 is 0 Å². The molecule has 0 bridgehead atoms. The van der Waals surface area contributed by atoms with Crippen molar-refractivity contribution in [3.63, 3.8) is 0 Å². The number of amidine groups is 1. The summed E-state index contributed by atoms with van der Waals surface area (Å²) in [6.07, 6.45) is 4.03. The van der Waals surface area contributed by atoms with E-state index in [9.17, 15) is 4.79 Å². The first-order chi connectivity index (χ1) is 8.60. The molecule has 0 aromatic heterocycles. The SMILES string of the molecule is CCC(NC(C)C(=O)N1CCCCC1)C(N)=NO. The molecule has 2 unspecified atom stereocenters. The maximum absolute atomic E-state index is 12.2. The standard InChI is InChI=1S/C12H24N4O2/c1-3-10(11(13)15-18)14-9(2)12(17)16-7-5-4-6-8-16/h9-10,14,18H,3-8H2,1-2H3,(H2,13,15). The van der Waals surface area contributed by atoms with Crippen molar-refractivity contribution in [2.75, 3.05) is 13.1 Å². The molecule has 0 aliphatic carbocycles. The minimum absolute atomic E-state index is 0.0962. The molecule has 1 aliphatic heterocycles. The summed E-state index contributed by atoms with van der Waals surface area (Å²) in [4.78, 5) is 14.1. The van der Waals surface area contributed by atoms with Crippen molar-refractivity contribution in [2.45, 2.75) is 51.6 Å². The number of carbonyl (C=O) groups excluding carboxylic acids is 1. The van der Waals surface area contributed by atoms with Gasteiger partial charge >= 0.3 is 0 Å². The van der Waals surface area contributed by atoms with Crippen LogP contribution in [-0.2, 0) is 4.79 Å². The van der Waals surface area contributed by atoms with Crippen LogP contribution in [-0.4, -0.2) is 47.0 Å². The predicted octanol–water partition coefficient (Wildman–Crippen LogP) is 0.502. The van der Waals surface area contributed by atoms with E-state index in [1.807, 2.05) is 18.7 Å². The molecule has 6 nitrogen and oxygen atoms in total. The molecule has 2 atom stereocenters. The van der Waals surface area contributed by atoms with Crippen LogP contribution < -0.4 is 11.1 Å². The summed E-state index contributed by atoms with van der Waals surface area (Å²) >= 11 is 0. The Morgan fingerprint density at radius 1 is 1.44 bits per heavy atom. The number of rotatable bonds is 5. The van der Waals surface area contributed by atoms with Gasteiger partial charge in [0.1, 0.15) is 0 Å². The second kappa shape index (κ2) is 7.20. The van der Waals surface area contributed by atoms with E-state index in [-0.39, 0.29) is 23.8 Å². The van der Waals surface area contributed by atoms with Crippen LogP contribution in [0, 0.1) is 0 Å². The minimum Gasteiger partial charge on any atom is -0.409 e. The highest BCUT2D eigenvalue weighted by molar-refractivity contribution is 5.87. The highest BCUT2D eigenvalue weighted by atomic mass is 16.4.